The van der Waals surface area contributed by atoms with Gasteiger partial charge in [-0.05, 0) is 25.5 Å². The monoisotopic (exact) mass is 199 g/mol. The number of nitrogens with zero attached hydrogens (tertiary/aromatic N) is 1. The van der Waals surface area contributed by atoms with Gasteiger partial charge in [0.25, 0.3) is 0 Å². The van der Waals surface area contributed by atoms with Crippen molar-refractivity contribution in [3.63, 3.8) is 0 Å². The predicted octanol–water partition coefficient (Wildman–Crippen LogP) is 3.46. The Morgan fingerprint density at radius 1 is 1.07 bits per heavy atom. The molecular weight excluding hydrogens is 186 g/mol. The minimum Gasteiger partial charge on any atom is -0.442 e. The molecule has 0 saturated carbocycles. The highest BCUT2D eigenvalue weighted by atomic mass is 16.4. The van der Waals surface area contributed by atoms with Crippen LogP contribution in [0.2, 0.25) is 0 Å². The zero-order valence-corrected chi connectivity index (χ0v) is 8.90. The third kappa shape index (κ3) is 2.34. The summed E-state index contributed by atoms with van der Waals surface area (Å²) in [7, 11) is 0. The van der Waals surface area contributed by atoms with E-state index in [1.807, 2.05) is 56.3 Å². The van der Waals surface area contributed by atoms with Crippen molar-refractivity contribution < 1.29 is 4.42 Å². The van der Waals surface area contributed by atoms with E-state index in [-0.39, 0.29) is 0 Å². The fraction of sp³-hybridized carbons (Fsp3) is 0.154. The Balaban J connectivity index is 2.19. The van der Waals surface area contributed by atoms with Crippen LogP contribution in [0.1, 0.15) is 22.9 Å². The second-order valence-corrected chi connectivity index (χ2v) is 3.44. The Labute approximate surface area is 89.3 Å². The first kappa shape index (κ1) is 9.71. The molecule has 0 aliphatic rings. The average molecular weight is 199 g/mol. The summed E-state index contributed by atoms with van der Waals surface area (Å²) in [5.74, 6) is 1.54. The van der Waals surface area contributed by atoms with E-state index in [9.17, 15) is 0 Å². The van der Waals surface area contributed by atoms with E-state index < -0.39 is 0 Å². The lowest BCUT2D eigenvalue weighted by atomic mass is 10.2. The van der Waals surface area contributed by atoms with Crippen LogP contribution >= 0.6 is 0 Å². The highest BCUT2D eigenvalue weighted by Gasteiger charge is 2.00. The maximum absolute atomic E-state index is 5.44. The quantitative estimate of drug-likeness (QED) is 0.740. The van der Waals surface area contributed by atoms with E-state index in [1.165, 1.54) is 0 Å². The van der Waals surface area contributed by atoms with E-state index >= 15 is 0 Å². The number of oxazole rings is 1. The Bertz CT molecular complexity index is 449. The van der Waals surface area contributed by atoms with Gasteiger partial charge in [0.15, 0.2) is 0 Å². The van der Waals surface area contributed by atoms with Crippen molar-refractivity contribution in [3.8, 4) is 0 Å². The Kier molecular flexibility index (Phi) is 2.68. The summed E-state index contributed by atoms with van der Waals surface area (Å²) in [6.07, 6.45) is 3.88. The van der Waals surface area contributed by atoms with Gasteiger partial charge in [-0.2, -0.15) is 0 Å². The Morgan fingerprint density at radius 2 is 1.80 bits per heavy atom. The molecule has 0 unspecified atom stereocenters. The number of rotatable bonds is 2. The second-order valence-electron chi connectivity index (χ2n) is 3.44. The zero-order chi connectivity index (χ0) is 10.7. The van der Waals surface area contributed by atoms with Crippen LogP contribution in [-0.4, -0.2) is 4.98 Å². The number of hydrogen-bond donors (Lipinski definition) is 0. The Morgan fingerprint density at radius 3 is 2.40 bits per heavy atom. The van der Waals surface area contributed by atoms with Gasteiger partial charge in [0.1, 0.15) is 5.76 Å². The number of aromatic nitrogens is 1. The third-order valence-corrected chi connectivity index (χ3v) is 2.26. The van der Waals surface area contributed by atoms with Gasteiger partial charge in [0.05, 0.1) is 5.69 Å². The van der Waals surface area contributed by atoms with Gasteiger partial charge in [-0.15, -0.1) is 0 Å². The molecule has 2 rings (SSSR count). The molecule has 1 heterocycles. The molecule has 0 radical (unpaired) electrons. The molecule has 1 aromatic carbocycles. The molecule has 76 valence electrons. The van der Waals surface area contributed by atoms with Gasteiger partial charge in [-0.1, -0.05) is 30.3 Å². The van der Waals surface area contributed by atoms with Crippen LogP contribution in [0.5, 0.6) is 0 Å². The van der Waals surface area contributed by atoms with Gasteiger partial charge in [-0.3, -0.25) is 0 Å². The van der Waals surface area contributed by atoms with E-state index in [4.69, 9.17) is 4.42 Å². The average Bonchev–Trinajstić information content (AvgIpc) is 2.57. The first-order valence-corrected chi connectivity index (χ1v) is 4.93. The van der Waals surface area contributed by atoms with E-state index in [1.54, 1.807) is 0 Å². The molecular formula is C13H13NO. The molecule has 1 aromatic heterocycles. The minimum atomic E-state index is 0.661. The van der Waals surface area contributed by atoms with Crippen molar-refractivity contribution in [3.05, 3.63) is 53.2 Å². The molecule has 0 saturated heterocycles. The topological polar surface area (TPSA) is 26.0 Å². The molecule has 0 bridgehead atoms. The highest BCUT2D eigenvalue weighted by molar-refractivity contribution is 5.65. The van der Waals surface area contributed by atoms with Crippen LogP contribution in [0.25, 0.3) is 12.2 Å². The summed E-state index contributed by atoms with van der Waals surface area (Å²) < 4.78 is 5.44. The lowest BCUT2D eigenvalue weighted by Crippen LogP contribution is -1.73. The normalized spacial score (nSPS) is 11.1. The molecule has 0 amide bonds. The van der Waals surface area contributed by atoms with Crippen LogP contribution in [0.4, 0.5) is 0 Å². The van der Waals surface area contributed by atoms with Crippen molar-refractivity contribution in [1.29, 1.82) is 0 Å². The van der Waals surface area contributed by atoms with Crippen LogP contribution in [0.3, 0.4) is 0 Å². The highest BCUT2D eigenvalue weighted by Crippen LogP contribution is 2.11. The zero-order valence-electron chi connectivity index (χ0n) is 8.90. The van der Waals surface area contributed by atoms with Crippen LogP contribution in [0, 0.1) is 13.8 Å². The van der Waals surface area contributed by atoms with Gasteiger partial charge in [0.2, 0.25) is 5.89 Å². The fourth-order valence-corrected chi connectivity index (χ4v) is 1.30. The van der Waals surface area contributed by atoms with E-state index in [2.05, 4.69) is 4.98 Å². The molecule has 0 fully saturated rings. The minimum absolute atomic E-state index is 0.661. The summed E-state index contributed by atoms with van der Waals surface area (Å²) >= 11 is 0. The smallest absolute Gasteiger partial charge is 0.219 e. The van der Waals surface area contributed by atoms with Gasteiger partial charge >= 0.3 is 0 Å². The molecule has 2 heteroatoms. The van der Waals surface area contributed by atoms with Crippen molar-refractivity contribution >= 4 is 12.2 Å². The van der Waals surface area contributed by atoms with Gasteiger partial charge in [0, 0.05) is 6.08 Å². The summed E-state index contributed by atoms with van der Waals surface area (Å²) in [6.45, 7) is 3.86. The maximum atomic E-state index is 5.44. The molecule has 0 spiro atoms. The summed E-state index contributed by atoms with van der Waals surface area (Å²) in [5.41, 5.74) is 2.09. The molecule has 0 atom stereocenters. The van der Waals surface area contributed by atoms with E-state index in [0.29, 0.717) is 5.89 Å². The van der Waals surface area contributed by atoms with Crippen molar-refractivity contribution in [2.24, 2.45) is 0 Å². The fourth-order valence-electron chi connectivity index (χ4n) is 1.30. The third-order valence-electron chi connectivity index (χ3n) is 2.26. The first-order chi connectivity index (χ1) is 7.25. The Hall–Kier alpha value is -1.83. The molecule has 0 N–H and O–H groups in total. The summed E-state index contributed by atoms with van der Waals surface area (Å²) in [4.78, 5) is 4.27. The lowest BCUT2D eigenvalue weighted by molar-refractivity contribution is 0.516. The standard InChI is InChI=1S/C13H13NO/c1-10-11(2)15-13(14-10)9-8-12-6-4-3-5-7-12/h3-9H,1-2H3. The van der Waals surface area contributed by atoms with Crippen LogP contribution < -0.4 is 0 Å². The first-order valence-electron chi connectivity index (χ1n) is 4.93. The van der Waals surface area contributed by atoms with Crippen molar-refractivity contribution in [1.82, 2.24) is 4.98 Å². The molecule has 15 heavy (non-hydrogen) atoms. The second kappa shape index (κ2) is 4.13. The van der Waals surface area contributed by atoms with Gasteiger partial charge < -0.3 is 4.42 Å². The number of hydrogen-bond acceptors (Lipinski definition) is 2. The summed E-state index contributed by atoms with van der Waals surface area (Å²) in [5, 5.41) is 0. The molecule has 2 aromatic rings. The summed E-state index contributed by atoms with van der Waals surface area (Å²) in [6, 6.07) is 10.1. The van der Waals surface area contributed by atoms with Crippen molar-refractivity contribution in [2.45, 2.75) is 13.8 Å². The molecule has 2 nitrogen and oxygen atoms in total. The van der Waals surface area contributed by atoms with Crippen LogP contribution in [0.15, 0.2) is 34.7 Å². The number of benzene rings is 1. The van der Waals surface area contributed by atoms with Gasteiger partial charge in [-0.25, -0.2) is 4.98 Å². The molecule has 0 aliphatic heterocycles. The molecule has 0 aliphatic carbocycles. The van der Waals surface area contributed by atoms with Crippen molar-refractivity contribution in [2.75, 3.05) is 0 Å². The van der Waals surface area contributed by atoms with E-state index in [0.717, 1.165) is 17.0 Å². The SMILES string of the molecule is Cc1nc(C=Cc2ccccc2)oc1C. The lowest BCUT2D eigenvalue weighted by Gasteiger charge is -1.89. The largest absolute Gasteiger partial charge is 0.442 e. The number of aryl methyl sites for hydroxylation is 2. The predicted molar refractivity (Wildman–Crippen MR) is 61.3 cm³/mol. The maximum Gasteiger partial charge on any atom is 0.219 e. The van der Waals surface area contributed by atoms with Crippen LogP contribution in [-0.2, 0) is 0 Å².